The second-order valence-electron chi connectivity index (χ2n) is 3.88. The minimum atomic E-state index is -2.08. The van der Waals surface area contributed by atoms with Crippen LogP contribution >= 0.6 is 0 Å². The molecule has 4 unspecified atom stereocenters. The van der Waals surface area contributed by atoms with Crippen LogP contribution in [-0.4, -0.2) is 49.8 Å². The number of nitrogens with two attached hydrogens (primary N) is 1. The van der Waals surface area contributed by atoms with Crippen molar-refractivity contribution in [3.8, 4) is 0 Å². The van der Waals surface area contributed by atoms with Gasteiger partial charge >= 0.3 is 5.69 Å². The van der Waals surface area contributed by atoms with Gasteiger partial charge in [-0.1, -0.05) is 0 Å². The number of aromatic amines is 1. The van der Waals surface area contributed by atoms with Crippen molar-refractivity contribution in [1.82, 2.24) is 9.97 Å². The fourth-order valence-electron chi connectivity index (χ4n) is 1.76. The van der Waals surface area contributed by atoms with E-state index >= 15 is 0 Å². The molecule has 8 nitrogen and oxygen atoms in total. The number of hydrogen-bond acceptors (Lipinski definition) is 7. The Balaban J connectivity index is 2.33. The zero-order valence-electron chi connectivity index (χ0n) is 8.78. The lowest BCUT2D eigenvalue weighted by molar-refractivity contribution is -0.0880. The molecule has 1 fully saturated rings. The molecule has 0 aliphatic carbocycles. The number of rotatable bonds is 2. The maximum absolute atomic E-state index is 11.0. The zero-order valence-corrected chi connectivity index (χ0v) is 8.78. The summed E-state index contributed by atoms with van der Waals surface area (Å²) in [6, 6.07) is 1.42. The molecule has 4 atom stereocenters. The Morgan fingerprint density at radius 1 is 1.65 bits per heavy atom. The van der Waals surface area contributed by atoms with E-state index in [-0.39, 0.29) is 5.69 Å². The van der Waals surface area contributed by atoms with Gasteiger partial charge in [-0.05, 0) is 6.07 Å². The number of aliphatic hydroxyl groups excluding tert-OH is 2. The van der Waals surface area contributed by atoms with Crippen LogP contribution in [-0.2, 0) is 4.74 Å². The van der Waals surface area contributed by atoms with Crippen LogP contribution in [0.1, 0.15) is 11.8 Å². The van der Waals surface area contributed by atoms with Crippen molar-refractivity contribution in [3.63, 3.8) is 0 Å². The predicted molar refractivity (Wildman–Crippen MR) is 54.7 cm³/mol. The van der Waals surface area contributed by atoms with Gasteiger partial charge < -0.3 is 25.0 Å². The Kier molecular flexibility index (Phi) is 2.98. The molecule has 1 saturated heterocycles. The second-order valence-corrected chi connectivity index (χ2v) is 3.88. The van der Waals surface area contributed by atoms with E-state index in [2.05, 4.69) is 9.97 Å². The molecule has 1 aliphatic heterocycles. The Hall–Kier alpha value is -1.32. The Morgan fingerprint density at radius 3 is 2.88 bits per heavy atom. The van der Waals surface area contributed by atoms with Crippen LogP contribution in [0.3, 0.4) is 0 Å². The summed E-state index contributed by atoms with van der Waals surface area (Å²) in [6.45, 7) is -0.552. The average molecular weight is 243 g/mol. The van der Waals surface area contributed by atoms with Crippen LogP contribution < -0.4 is 11.4 Å². The predicted octanol–water partition coefficient (Wildman–Crippen LogP) is -2.79. The highest BCUT2D eigenvalue weighted by Crippen LogP contribution is 2.35. The van der Waals surface area contributed by atoms with Gasteiger partial charge in [-0.3, -0.25) is 5.73 Å². The molecule has 1 aromatic rings. The van der Waals surface area contributed by atoms with E-state index in [1.165, 1.54) is 12.3 Å². The van der Waals surface area contributed by atoms with E-state index in [9.17, 15) is 15.0 Å². The molecule has 2 rings (SSSR count). The van der Waals surface area contributed by atoms with Crippen LogP contribution in [0.2, 0.25) is 0 Å². The van der Waals surface area contributed by atoms with Gasteiger partial charge in [0.05, 0.1) is 12.3 Å². The van der Waals surface area contributed by atoms with E-state index < -0.39 is 36.3 Å². The van der Waals surface area contributed by atoms with Crippen molar-refractivity contribution in [3.05, 3.63) is 28.4 Å². The highest BCUT2D eigenvalue weighted by molar-refractivity contribution is 5.12. The normalized spacial score (nSPS) is 37.3. The van der Waals surface area contributed by atoms with Crippen LogP contribution in [0, 0.1) is 0 Å². The fraction of sp³-hybridized carbons (Fsp3) is 0.556. The monoisotopic (exact) mass is 243 g/mol. The van der Waals surface area contributed by atoms with E-state index in [0.717, 1.165) is 0 Å². The number of ether oxygens (including phenoxy) is 1. The van der Waals surface area contributed by atoms with Gasteiger partial charge in [0.25, 0.3) is 0 Å². The molecular formula is C9H13N3O5. The summed E-state index contributed by atoms with van der Waals surface area (Å²) in [5.74, 6) is 0. The van der Waals surface area contributed by atoms with E-state index in [1.54, 1.807) is 0 Å². The van der Waals surface area contributed by atoms with Gasteiger partial charge in [0.15, 0.2) is 5.72 Å². The Labute approximate surface area is 95.7 Å². The molecule has 0 bridgehead atoms. The van der Waals surface area contributed by atoms with Crippen molar-refractivity contribution in [2.45, 2.75) is 24.0 Å². The summed E-state index contributed by atoms with van der Waals surface area (Å²) in [5, 5.41) is 28.5. The number of hydrogen-bond donors (Lipinski definition) is 5. The number of H-pyrrole nitrogens is 1. The molecule has 0 aromatic carbocycles. The summed E-state index contributed by atoms with van der Waals surface area (Å²) in [4.78, 5) is 16.9. The third-order valence-electron chi connectivity index (χ3n) is 2.74. The molecule has 0 spiro atoms. The second kappa shape index (κ2) is 4.17. The smallest absolute Gasteiger partial charge is 0.345 e. The van der Waals surface area contributed by atoms with Gasteiger partial charge in [0, 0.05) is 6.20 Å². The van der Waals surface area contributed by atoms with Gasteiger partial charge in [-0.25, -0.2) is 4.79 Å². The molecule has 0 radical (unpaired) electrons. The van der Waals surface area contributed by atoms with E-state index in [0.29, 0.717) is 0 Å². The Bertz CT molecular complexity index is 460. The largest absolute Gasteiger partial charge is 0.393 e. The quantitative estimate of drug-likeness (QED) is 0.353. The van der Waals surface area contributed by atoms with Crippen molar-refractivity contribution in [2.24, 2.45) is 5.73 Å². The molecule has 94 valence electrons. The lowest BCUT2D eigenvalue weighted by atomic mass is 10.00. The minimum absolute atomic E-state index is 0.140. The van der Waals surface area contributed by atoms with Gasteiger partial charge in [0.2, 0.25) is 0 Å². The molecule has 1 aliphatic rings. The lowest BCUT2D eigenvalue weighted by Crippen LogP contribution is -2.56. The molecule has 1 aromatic heterocycles. The summed E-state index contributed by atoms with van der Waals surface area (Å²) < 4.78 is 5.19. The number of aliphatic hydroxyl groups is 3. The zero-order chi connectivity index (χ0) is 12.6. The fourth-order valence-corrected chi connectivity index (χ4v) is 1.76. The van der Waals surface area contributed by atoms with Gasteiger partial charge in [0.1, 0.15) is 18.3 Å². The average Bonchev–Trinajstić information content (AvgIpc) is 2.51. The molecule has 0 amide bonds. The standard InChI is InChI=1S/C9H13N3O5/c10-9(16)5(3-13)17-6(7(9)14)4-1-2-11-8(15)12-4/h1-2,5-7,13-14,16H,3,10H2,(H,11,12,15). The topological polar surface area (TPSA) is 142 Å². The van der Waals surface area contributed by atoms with E-state index in [1.807, 2.05) is 0 Å². The van der Waals surface area contributed by atoms with E-state index in [4.69, 9.17) is 15.6 Å². The van der Waals surface area contributed by atoms with Crippen LogP contribution in [0.15, 0.2) is 17.1 Å². The van der Waals surface area contributed by atoms with Gasteiger partial charge in [-0.15, -0.1) is 0 Å². The minimum Gasteiger partial charge on any atom is -0.393 e. The number of aromatic nitrogens is 2. The summed E-state index contributed by atoms with van der Waals surface area (Å²) >= 11 is 0. The number of nitrogens with one attached hydrogen (secondary N) is 1. The highest BCUT2D eigenvalue weighted by Gasteiger charge is 2.53. The van der Waals surface area contributed by atoms with Crippen LogP contribution in [0.5, 0.6) is 0 Å². The SMILES string of the molecule is NC1(O)C(CO)OC(c2cc[nH]c(=O)n2)C1O. The highest BCUT2D eigenvalue weighted by atomic mass is 16.6. The number of nitrogens with zero attached hydrogens (tertiary/aromatic N) is 1. The molecule has 6 N–H and O–H groups in total. The molecule has 0 saturated carbocycles. The molecule has 8 heteroatoms. The Morgan fingerprint density at radius 2 is 2.35 bits per heavy atom. The lowest BCUT2D eigenvalue weighted by Gasteiger charge is -2.24. The third kappa shape index (κ3) is 1.96. The maximum atomic E-state index is 11.0. The van der Waals surface area contributed by atoms with Crippen LogP contribution in [0.25, 0.3) is 0 Å². The van der Waals surface area contributed by atoms with Crippen molar-refractivity contribution < 1.29 is 20.1 Å². The first-order chi connectivity index (χ1) is 7.96. The molecule has 2 heterocycles. The molecular weight excluding hydrogens is 230 g/mol. The third-order valence-corrected chi connectivity index (χ3v) is 2.74. The maximum Gasteiger partial charge on any atom is 0.345 e. The summed E-state index contributed by atoms with van der Waals surface area (Å²) in [5.41, 5.74) is 2.90. The van der Waals surface area contributed by atoms with Crippen molar-refractivity contribution >= 4 is 0 Å². The van der Waals surface area contributed by atoms with Gasteiger partial charge in [-0.2, -0.15) is 4.98 Å². The summed E-state index contributed by atoms with van der Waals surface area (Å²) in [6.07, 6.45) is -2.33. The summed E-state index contributed by atoms with van der Waals surface area (Å²) in [7, 11) is 0. The first kappa shape index (κ1) is 12.1. The molecule has 17 heavy (non-hydrogen) atoms. The van der Waals surface area contributed by atoms with Crippen molar-refractivity contribution in [1.29, 1.82) is 0 Å². The van der Waals surface area contributed by atoms with Crippen molar-refractivity contribution in [2.75, 3.05) is 6.61 Å². The van der Waals surface area contributed by atoms with Crippen LogP contribution in [0.4, 0.5) is 0 Å². The first-order valence-electron chi connectivity index (χ1n) is 4.98. The first-order valence-corrected chi connectivity index (χ1v) is 4.98.